The monoisotopic (exact) mass is 329 g/mol. The maximum Gasteiger partial charge on any atom is 0.253 e. The minimum Gasteiger partial charge on any atom is -0.378 e. The molecule has 0 bridgehead atoms. The molecule has 1 aliphatic heterocycles. The van der Waals surface area contributed by atoms with Crippen molar-refractivity contribution in [2.45, 2.75) is 13.5 Å². The first-order valence-electron chi connectivity index (χ1n) is 7.95. The Labute approximate surface area is 140 Å². The summed E-state index contributed by atoms with van der Waals surface area (Å²) in [7, 11) is 0. The SMILES string of the molecule is Cc1ccc(CNC(=O)c2ccc(N3CCOCC3)nc2)cc1F. The number of carbonyl (C=O) groups excluding carboxylic acids is 1. The van der Waals surface area contributed by atoms with Gasteiger partial charge in [-0.3, -0.25) is 4.79 Å². The number of nitrogens with zero attached hydrogens (tertiary/aromatic N) is 2. The normalized spacial score (nSPS) is 14.5. The summed E-state index contributed by atoms with van der Waals surface area (Å²) in [6.07, 6.45) is 1.57. The first kappa shape index (κ1) is 16.4. The van der Waals surface area contributed by atoms with Gasteiger partial charge in [0.05, 0.1) is 18.8 Å². The van der Waals surface area contributed by atoms with Crippen molar-refractivity contribution in [2.75, 3.05) is 31.2 Å². The molecular formula is C18H20FN3O2. The van der Waals surface area contributed by atoms with E-state index in [1.807, 2.05) is 6.07 Å². The van der Waals surface area contributed by atoms with Crippen molar-refractivity contribution in [2.24, 2.45) is 0 Å². The first-order chi connectivity index (χ1) is 11.6. The van der Waals surface area contributed by atoms with E-state index < -0.39 is 0 Å². The van der Waals surface area contributed by atoms with Crippen LogP contribution in [0.1, 0.15) is 21.5 Å². The second-order valence-corrected chi connectivity index (χ2v) is 5.77. The molecule has 2 aromatic rings. The van der Waals surface area contributed by atoms with Gasteiger partial charge < -0.3 is 15.0 Å². The van der Waals surface area contributed by atoms with Gasteiger partial charge in [-0.05, 0) is 36.2 Å². The van der Waals surface area contributed by atoms with Crippen LogP contribution in [0.25, 0.3) is 0 Å². The highest BCUT2D eigenvalue weighted by molar-refractivity contribution is 5.94. The van der Waals surface area contributed by atoms with Crippen LogP contribution in [-0.2, 0) is 11.3 Å². The van der Waals surface area contributed by atoms with Gasteiger partial charge in [-0.15, -0.1) is 0 Å². The van der Waals surface area contributed by atoms with Gasteiger partial charge in [0, 0.05) is 25.8 Å². The second kappa shape index (κ2) is 7.40. The number of morpholine rings is 1. The molecule has 126 valence electrons. The number of pyridine rings is 1. The van der Waals surface area contributed by atoms with Gasteiger partial charge in [0.15, 0.2) is 0 Å². The minimum atomic E-state index is -0.265. The number of halogens is 1. The molecule has 6 heteroatoms. The molecule has 0 saturated carbocycles. The van der Waals surface area contributed by atoms with E-state index in [4.69, 9.17) is 4.74 Å². The first-order valence-corrected chi connectivity index (χ1v) is 7.95. The van der Waals surface area contributed by atoms with Crippen LogP contribution in [-0.4, -0.2) is 37.2 Å². The zero-order valence-electron chi connectivity index (χ0n) is 13.6. The van der Waals surface area contributed by atoms with Crippen LogP contribution in [0.5, 0.6) is 0 Å². The van der Waals surface area contributed by atoms with E-state index in [1.165, 1.54) is 6.07 Å². The standard InChI is InChI=1S/C18H20FN3O2/c1-13-2-3-14(10-16(13)19)11-21-18(23)15-4-5-17(20-12-15)22-6-8-24-9-7-22/h2-5,10,12H,6-9,11H2,1H3,(H,21,23). The molecule has 5 nitrogen and oxygen atoms in total. The number of carbonyl (C=O) groups is 1. The fourth-order valence-corrected chi connectivity index (χ4v) is 2.53. The number of hydrogen-bond donors (Lipinski definition) is 1. The van der Waals surface area contributed by atoms with Gasteiger partial charge in [0.2, 0.25) is 0 Å². The quantitative estimate of drug-likeness (QED) is 0.935. The smallest absolute Gasteiger partial charge is 0.253 e. The average molecular weight is 329 g/mol. The topological polar surface area (TPSA) is 54.5 Å². The lowest BCUT2D eigenvalue weighted by Gasteiger charge is -2.27. The summed E-state index contributed by atoms with van der Waals surface area (Å²) in [5.41, 5.74) is 1.80. The molecule has 1 amide bonds. The molecule has 1 saturated heterocycles. The molecule has 0 radical (unpaired) electrons. The fraction of sp³-hybridized carbons (Fsp3) is 0.333. The van der Waals surface area contributed by atoms with Crippen LogP contribution >= 0.6 is 0 Å². The molecule has 1 fully saturated rings. The Morgan fingerprint density at radius 1 is 1.29 bits per heavy atom. The predicted molar refractivity (Wildman–Crippen MR) is 89.6 cm³/mol. The van der Waals surface area contributed by atoms with E-state index in [1.54, 1.807) is 31.3 Å². The lowest BCUT2D eigenvalue weighted by molar-refractivity contribution is 0.0950. The number of ether oxygens (including phenoxy) is 1. The molecule has 1 aromatic heterocycles. The maximum atomic E-state index is 13.5. The van der Waals surface area contributed by atoms with E-state index in [0.29, 0.717) is 24.3 Å². The van der Waals surface area contributed by atoms with Crippen LogP contribution in [0.2, 0.25) is 0 Å². The highest BCUT2D eigenvalue weighted by Gasteiger charge is 2.13. The third-order valence-electron chi connectivity index (χ3n) is 4.03. The van der Waals surface area contributed by atoms with E-state index in [2.05, 4.69) is 15.2 Å². The van der Waals surface area contributed by atoms with Crippen molar-refractivity contribution in [1.29, 1.82) is 0 Å². The predicted octanol–water partition coefficient (Wildman–Crippen LogP) is 2.30. The Balaban J connectivity index is 1.59. The zero-order chi connectivity index (χ0) is 16.9. The van der Waals surface area contributed by atoms with E-state index >= 15 is 0 Å². The number of amides is 1. The number of rotatable bonds is 4. The van der Waals surface area contributed by atoms with Crippen LogP contribution in [0.4, 0.5) is 10.2 Å². The van der Waals surface area contributed by atoms with Crippen molar-refractivity contribution < 1.29 is 13.9 Å². The molecule has 1 N–H and O–H groups in total. The van der Waals surface area contributed by atoms with Crippen molar-refractivity contribution in [3.8, 4) is 0 Å². The Hall–Kier alpha value is -2.47. The third-order valence-corrected chi connectivity index (χ3v) is 4.03. The number of aromatic nitrogens is 1. The summed E-state index contributed by atoms with van der Waals surface area (Å²) in [5, 5.41) is 2.78. The molecule has 2 heterocycles. The lowest BCUT2D eigenvalue weighted by atomic mass is 10.1. The van der Waals surface area contributed by atoms with Crippen molar-refractivity contribution in [3.05, 3.63) is 59.0 Å². The van der Waals surface area contributed by atoms with Crippen LogP contribution in [0.15, 0.2) is 36.5 Å². The van der Waals surface area contributed by atoms with Crippen LogP contribution in [0.3, 0.4) is 0 Å². The summed E-state index contributed by atoms with van der Waals surface area (Å²) >= 11 is 0. The van der Waals surface area contributed by atoms with E-state index in [-0.39, 0.29) is 18.3 Å². The van der Waals surface area contributed by atoms with E-state index in [9.17, 15) is 9.18 Å². The number of hydrogen-bond acceptors (Lipinski definition) is 4. The molecule has 1 aromatic carbocycles. The van der Waals surface area contributed by atoms with Crippen molar-refractivity contribution >= 4 is 11.7 Å². The average Bonchev–Trinajstić information content (AvgIpc) is 2.63. The summed E-state index contributed by atoms with van der Waals surface area (Å²) in [6.45, 7) is 4.98. The highest BCUT2D eigenvalue weighted by atomic mass is 19.1. The van der Waals surface area contributed by atoms with Crippen LogP contribution in [0, 0.1) is 12.7 Å². The zero-order valence-corrected chi connectivity index (χ0v) is 13.6. The second-order valence-electron chi connectivity index (χ2n) is 5.77. The van der Waals surface area contributed by atoms with E-state index in [0.717, 1.165) is 24.5 Å². The lowest BCUT2D eigenvalue weighted by Crippen LogP contribution is -2.36. The summed E-state index contributed by atoms with van der Waals surface area (Å²) in [6, 6.07) is 8.54. The Morgan fingerprint density at radius 3 is 2.75 bits per heavy atom. The largest absolute Gasteiger partial charge is 0.378 e. The molecule has 0 unspecified atom stereocenters. The number of aryl methyl sites for hydroxylation is 1. The highest BCUT2D eigenvalue weighted by Crippen LogP contribution is 2.13. The third kappa shape index (κ3) is 3.89. The van der Waals surface area contributed by atoms with Gasteiger partial charge in [-0.2, -0.15) is 0 Å². The molecular weight excluding hydrogens is 309 g/mol. The molecule has 0 aliphatic carbocycles. The Kier molecular flexibility index (Phi) is 5.05. The summed E-state index contributed by atoms with van der Waals surface area (Å²) < 4.78 is 18.8. The van der Waals surface area contributed by atoms with Gasteiger partial charge in [0.25, 0.3) is 5.91 Å². The molecule has 3 rings (SSSR count). The minimum absolute atomic E-state index is 0.225. The van der Waals surface area contributed by atoms with Crippen molar-refractivity contribution in [1.82, 2.24) is 10.3 Å². The Bertz CT molecular complexity index is 713. The van der Waals surface area contributed by atoms with Gasteiger partial charge in [0.1, 0.15) is 11.6 Å². The summed E-state index contributed by atoms with van der Waals surface area (Å²) in [5.74, 6) is 0.353. The number of benzene rings is 1. The Morgan fingerprint density at radius 2 is 2.08 bits per heavy atom. The molecule has 24 heavy (non-hydrogen) atoms. The molecule has 0 spiro atoms. The molecule has 0 atom stereocenters. The van der Waals surface area contributed by atoms with Gasteiger partial charge in [-0.25, -0.2) is 9.37 Å². The van der Waals surface area contributed by atoms with Gasteiger partial charge in [-0.1, -0.05) is 12.1 Å². The fourth-order valence-electron chi connectivity index (χ4n) is 2.53. The molecule has 1 aliphatic rings. The van der Waals surface area contributed by atoms with Crippen LogP contribution < -0.4 is 10.2 Å². The van der Waals surface area contributed by atoms with Crippen molar-refractivity contribution in [3.63, 3.8) is 0 Å². The summed E-state index contributed by atoms with van der Waals surface area (Å²) in [4.78, 5) is 18.7. The number of nitrogens with one attached hydrogen (secondary N) is 1. The van der Waals surface area contributed by atoms with Gasteiger partial charge >= 0.3 is 0 Å². The maximum absolute atomic E-state index is 13.5. The number of anilines is 1.